The maximum atomic E-state index is 13.4. The van der Waals surface area contributed by atoms with Gasteiger partial charge in [0, 0.05) is 13.2 Å². The molecule has 6 heteroatoms. The molecule has 2 heterocycles. The molecule has 2 aromatic carbocycles. The number of benzene rings is 2. The third-order valence-corrected chi connectivity index (χ3v) is 6.64. The van der Waals surface area contributed by atoms with Crippen LogP contribution in [0, 0.1) is 6.92 Å². The standard InChI is InChI=1S/C28H33NO5/c1-17-8-6-9-18(14-17)24-23(26(31)27(32)29(24)16-20-10-7-13-34-20)25(30)21-15-19(28(2,3)4)11-12-22(21)33-5/h6,8-9,11-12,14-15,20,24,30H,7,10,13,16H2,1-5H3/b25-23+. The number of methoxy groups -OCH3 is 1. The highest BCUT2D eigenvalue weighted by atomic mass is 16.5. The van der Waals surface area contributed by atoms with Gasteiger partial charge in [-0.1, -0.05) is 56.7 Å². The van der Waals surface area contributed by atoms with E-state index in [1.165, 1.54) is 7.11 Å². The van der Waals surface area contributed by atoms with Crippen molar-refractivity contribution in [3.05, 3.63) is 70.3 Å². The molecule has 4 rings (SSSR count). The number of hydrogen-bond donors (Lipinski definition) is 1. The fourth-order valence-electron chi connectivity index (χ4n) is 4.77. The molecule has 0 radical (unpaired) electrons. The van der Waals surface area contributed by atoms with E-state index in [0.29, 0.717) is 24.5 Å². The van der Waals surface area contributed by atoms with Crippen LogP contribution in [0.15, 0.2) is 48.0 Å². The first-order valence-corrected chi connectivity index (χ1v) is 11.8. The van der Waals surface area contributed by atoms with E-state index in [9.17, 15) is 14.7 Å². The number of rotatable bonds is 5. The number of aliphatic hydroxyl groups excluding tert-OH is 1. The van der Waals surface area contributed by atoms with Crippen LogP contribution in [-0.2, 0) is 19.7 Å². The van der Waals surface area contributed by atoms with Gasteiger partial charge in [-0.2, -0.15) is 0 Å². The molecular formula is C28H33NO5. The van der Waals surface area contributed by atoms with Gasteiger partial charge in [0.15, 0.2) is 0 Å². The second-order valence-electron chi connectivity index (χ2n) is 10.2. The van der Waals surface area contributed by atoms with Gasteiger partial charge in [-0.15, -0.1) is 0 Å². The number of carbonyl (C=O) groups excluding carboxylic acids is 2. The predicted octanol–water partition coefficient (Wildman–Crippen LogP) is 4.90. The van der Waals surface area contributed by atoms with Crippen molar-refractivity contribution in [2.45, 2.75) is 58.1 Å². The zero-order valence-corrected chi connectivity index (χ0v) is 20.6. The number of aliphatic hydroxyl groups is 1. The normalized spacial score (nSPS) is 22.4. The largest absolute Gasteiger partial charge is 0.507 e. The van der Waals surface area contributed by atoms with Crippen molar-refractivity contribution in [2.24, 2.45) is 0 Å². The van der Waals surface area contributed by atoms with E-state index in [1.54, 1.807) is 11.0 Å². The third-order valence-electron chi connectivity index (χ3n) is 6.64. The molecular weight excluding hydrogens is 430 g/mol. The van der Waals surface area contributed by atoms with E-state index in [0.717, 1.165) is 29.5 Å². The van der Waals surface area contributed by atoms with Gasteiger partial charge in [-0.25, -0.2) is 0 Å². The van der Waals surface area contributed by atoms with Gasteiger partial charge in [0.25, 0.3) is 11.7 Å². The fourth-order valence-corrected chi connectivity index (χ4v) is 4.77. The molecule has 0 bridgehead atoms. The highest BCUT2D eigenvalue weighted by molar-refractivity contribution is 6.46. The van der Waals surface area contributed by atoms with Gasteiger partial charge >= 0.3 is 0 Å². The van der Waals surface area contributed by atoms with E-state index in [4.69, 9.17) is 9.47 Å². The van der Waals surface area contributed by atoms with Gasteiger partial charge in [0.2, 0.25) is 0 Å². The summed E-state index contributed by atoms with van der Waals surface area (Å²) in [5, 5.41) is 11.6. The zero-order valence-electron chi connectivity index (χ0n) is 20.6. The van der Waals surface area contributed by atoms with Gasteiger partial charge in [0.05, 0.1) is 30.4 Å². The van der Waals surface area contributed by atoms with E-state index in [1.807, 2.05) is 43.3 Å². The summed E-state index contributed by atoms with van der Waals surface area (Å²) in [5.74, 6) is -1.08. The first kappa shape index (κ1) is 24.0. The van der Waals surface area contributed by atoms with Crippen molar-refractivity contribution in [1.29, 1.82) is 0 Å². The summed E-state index contributed by atoms with van der Waals surface area (Å²) in [5.41, 5.74) is 3.08. The number of ketones is 1. The van der Waals surface area contributed by atoms with Crippen molar-refractivity contribution in [3.63, 3.8) is 0 Å². The monoisotopic (exact) mass is 463 g/mol. The fraction of sp³-hybridized carbons (Fsp3) is 0.429. The summed E-state index contributed by atoms with van der Waals surface area (Å²) in [4.78, 5) is 28.2. The van der Waals surface area contributed by atoms with Gasteiger partial charge in [-0.05, 0) is 48.4 Å². The highest BCUT2D eigenvalue weighted by Crippen LogP contribution is 2.42. The molecule has 2 saturated heterocycles. The summed E-state index contributed by atoms with van der Waals surface area (Å²) in [6.45, 7) is 9.15. The lowest BCUT2D eigenvalue weighted by Crippen LogP contribution is -2.36. The van der Waals surface area contributed by atoms with Crippen molar-refractivity contribution in [3.8, 4) is 5.75 Å². The molecule has 1 N–H and O–H groups in total. The third kappa shape index (κ3) is 4.47. The molecule has 2 unspecified atom stereocenters. The molecule has 6 nitrogen and oxygen atoms in total. The summed E-state index contributed by atoms with van der Waals surface area (Å²) in [6.07, 6.45) is 1.65. The van der Waals surface area contributed by atoms with Crippen LogP contribution in [0.25, 0.3) is 5.76 Å². The topological polar surface area (TPSA) is 76.1 Å². The zero-order chi connectivity index (χ0) is 24.6. The summed E-state index contributed by atoms with van der Waals surface area (Å²) < 4.78 is 11.3. The molecule has 2 aliphatic rings. The van der Waals surface area contributed by atoms with Crippen LogP contribution < -0.4 is 4.74 Å². The first-order valence-electron chi connectivity index (χ1n) is 11.8. The lowest BCUT2D eigenvalue weighted by molar-refractivity contribution is -0.140. The average Bonchev–Trinajstić information content (AvgIpc) is 3.40. The molecule has 2 fully saturated rings. The summed E-state index contributed by atoms with van der Waals surface area (Å²) >= 11 is 0. The minimum atomic E-state index is -0.702. The van der Waals surface area contributed by atoms with E-state index in [2.05, 4.69) is 20.8 Å². The van der Waals surface area contributed by atoms with Crippen LogP contribution in [0.1, 0.15) is 61.9 Å². The van der Waals surface area contributed by atoms with Crippen LogP contribution in [0.4, 0.5) is 0 Å². The highest BCUT2D eigenvalue weighted by Gasteiger charge is 2.47. The number of Topliss-reactive ketones (excluding diaryl/α,β-unsaturated/α-hetero) is 1. The molecule has 0 aromatic heterocycles. The lowest BCUT2D eigenvalue weighted by atomic mass is 9.85. The minimum Gasteiger partial charge on any atom is -0.507 e. The Morgan fingerprint density at radius 1 is 1.18 bits per heavy atom. The smallest absolute Gasteiger partial charge is 0.295 e. The van der Waals surface area contributed by atoms with Crippen LogP contribution in [-0.4, -0.2) is 48.1 Å². The van der Waals surface area contributed by atoms with Crippen molar-refractivity contribution < 1.29 is 24.2 Å². The molecule has 2 aliphatic heterocycles. The first-order chi connectivity index (χ1) is 16.1. The molecule has 0 aliphatic carbocycles. The van der Waals surface area contributed by atoms with Crippen molar-refractivity contribution >= 4 is 17.4 Å². The van der Waals surface area contributed by atoms with Crippen molar-refractivity contribution in [2.75, 3.05) is 20.3 Å². The molecule has 1 amide bonds. The maximum absolute atomic E-state index is 13.4. The van der Waals surface area contributed by atoms with Gasteiger partial charge in [0.1, 0.15) is 11.5 Å². The maximum Gasteiger partial charge on any atom is 0.295 e. The number of aryl methyl sites for hydroxylation is 1. The second-order valence-corrected chi connectivity index (χ2v) is 10.2. The number of carbonyl (C=O) groups is 2. The van der Waals surface area contributed by atoms with E-state index in [-0.39, 0.29) is 22.9 Å². The summed E-state index contributed by atoms with van der Waals surface area (Å²) in [6, 6.07) is 12.6. The molecule has 2 aromatic rings. The molecule has 2 atom stereocenters. The van der Waals surface area contributed by atoms with Crippen LogP contribution >= 0.6 is 0 Å². The van der Waals surface area contributed by atoms with Gasteiger partial charge < -0.3 is 19.5 Å². The Morgan fingerprint density at radius 2 is 1.94 bits per heavy atom. The minimum absolute atomic E-state index is 0.0814. The Bertz CT molecular complexity index is 1140. The van der Waals surface area contributed by atoms with E-state index >= 15 is 0 Å². The van der Waals surface area contributed by atoms with Crippen LogP contribution in [0.3, 0.4) is 0 Å². The Morgan fingerprint density at radius 3 is 2.56 bits per heavy atom. The second kappa shape index (κ2) is 9.26. The number of hydrogen-bond acceptors (Lipinski definition) is 5. The van der Waals surface area contributed by atoms with Crippen molar-refractivity contribution in [1.82, 2.24) is 4.90 Å². The van der Waals surface area contributed by atoms with Gasteiger partial charge in [-0.3, -0.25) is 9.59 Å². The number of amides is 1. The molecule has 180 valence electrons. The number of ether oxygens (including phenoxy) is 2. The van der Waals surface area contributed by atoms with Crippen LogP contribution in [0.5, 0.6) is 5.75 Å². The summed E-state index contributed by atoms with van der Waals surface area (Å²) in [7, 11) is 1.52. The van der Waals surface area contributed by atoms with Crippen LogP contribution in [0.2, 0.25) is 0 Å². The Hall–Kier alpha value is -3.12. The number of nitrogens with zero attached hydrogens (tertiary/aromatic N) is 1. The Kier molecular flexibility index (Phi) is 6.54. The number of likely N-dealkylation sites (tertiary alicyclic amines) is 1. The SMILES string of the molecule is COc1ccc(C(C)(C)C)cc1/C(O)=C1\C(=O)C(=O)N(CC2CCCO2)C1c1cccc(C)c1. The van der Waals surface area contributed by atoms with E-state index < -0.39 is 17.7 Å². The molecule has 0 saturated carbocycles. The average molecular weight is 464 g/mol. The molecule has 0 spiro atoms. The Balaban J connectivity index is 1.90. The predicted molar refractivity (Wildman–Crippen MR) is 131 cm³/mol. The molecule has 34 heavy (non-hydrogen) atoms. The lowest BCUT2D eigenvalue weighted by Gasteiger charge is -2.28. The quantitative estimate of drug-likeness (QED) is 0.388. The Labute approximate surface area is 201 Å².